The van der Waals surface area contributed by atoms with Crippen LogP contribution in [0.15, 0.2) is 35.7 Å². The van der Waals surface area contributed by atoms with E-state index in [1.165, 1.54) is 18.3 Å². The molecular formula is C13H11N5OS2. The lowest BCUT2D eigenvalue weighted by Crippen LogP contribution is -2.05. The Bertz CT molecular complexity index is 834. The van der Waals surface area contributed by atoms with Crippen LogP contribution in [0.3, 0.4) is 0 Å². The van der Waals surface area contributed by atoms with E-state index in [-0.39, 0.29) is 5.91 Å². The molecule has 0 spiro atoms. The average Bonchev–Trinajstić information content (AvgIpc) is 3.05. The first-order chi connectivity index (χ1) is 10.1. The summed E-state index contributed by atoms with van der Waals surface area (Å²) in [6, 6.07) is 9.67. The molecule has 6 nitrogen and oxygen atoms in total. The third-order valence-electron chi connectivity index (χ3n) is 2.70. The van der Waals surface area contributed by atoms with Crippen molar-refractivity contribution in [2.45, 2.75) is 6.92 Å². The van der Waals surface area contributed by atoms with Gasteiger partial charge in [0.1, 0.15) is 5.69 Å². The second-order valence-corrected chi connectivity index (χ2v) is 5.49. The number of nitrogens with zero attached hydrogens (tertiary/aromatic N) is 3. The number of nitrogens with one attached hydrogen (secondary N) is 2. The molecule has 3 aromatic rings. The molecule has 0 unspecified atom stereocenters. The fraction of sp³-hybridized carbons (Fsp3) is 0.0769. The molecule has 8 heteroatoms. The van der Waals surface area contributed by atoms with E-state index in [0.717, 1.165) is 5.69 Å². The van der Waals surface area contributed by atoms with Crippen LogP contribution in [0.2, 0.25) is 0 Å². The molecule has 1 aromatic carbocycles. The molecular weight excluding hydrogens is 306 g/mol. The summed E-state index contributed by atoms with van der Waals surface area (Å²) >= 11 is 6.62. The number of aromatic nitrogens is 4. The molecule has 3 rings (SSSR count). The van der Waals surface area contributed by atoms with Crippen LogP contribution in [-0.4, -0.2) is 25.7 Å². The minimum atomic E-state index is -0.155. The number of anilines is 1. The van der Waals surface area contributed by atoms with E-state index in [9.17, 15) is 4.79 Å². The predicted octanol–water partition coefficient (Wildman–Crippen LogP) is 3.01. The predicted molar refractivity (Wildman–Crippen MR) is 84.2 cm³/mol. The standard InChI is InChI=1S/C13H11N5OS2/c1-8(19)14-12-15-10(7-21-12)11-16-17-13(20)18(11)9-5-3-2-4-6-9/h2-7H,1H3,(H,17,20)(H,14,15,19). The molecule has 0 fully saturated rings. The molecule has 0 aliphatic rings. The Morgan fingerprint density at radius 1 is 1.38 bits per heavy atom. The number of carbonyl (C=O) groups excluding carboxylic acids is 1. The molecule has 0 bridgehead atoms. The average molecular weight is 317 g/mol. The van der Waals surface area contributed by atoms with Crippen LogP contribution in [0.5, 0.6) is 0 Å². The molecule has 0 radical (unpaired) electrons. The Kier molecular flexibility index (Phi) is 3.63. The van der Waals surface area contributed by atoms with Gasteiger partial charge in [-0.2, -0.15) is 5.10 Å². The van der Waals surface area contributed by atoms with Crippen LogP contribution in [0.25, 0.3) is 17.2 Å². The zero-order valence-corrected chi connectivity index (χ0v) is 12.7. The molecule has 106 valence electrons. The summed E-state index contributed by atoms with van der Waals surface area (Å²) in [5.41, 5.74) is 1.56. The zero-order valence-electron chi connectivity index (χ0n) is 11.0. The molecule has 2 N–H and O–H groups in total. The van der Waals surface area contributed by atoms with Crippen molar-refractivity contribution < 1.29 is 4.79 Å². The van der Waals surface area contributed by atoms with Crippen LogP contribution in [-0.2, 0) is 4.79 Å². The summed E-state index contributed by atoms with van der Waals surface area (Å²) in [6.07, 6.45) is 0. The number of thiazole rings is 1. The van der Waals surface area contributed by atoms with E-state index in [1.54, 1.807) is 0 Å². The number of benzene rings is 1. The van der Waals surface area contributed by atoms with Crippen LogP contribution in [0.1, 0.15) is 6.92 Å². The normalized spacial score (nSPS) is 10.5. The van der Waals surface area contributed by atoms with Gasteiger partial charge >= 0.3 is 0 Å². The fourth-order valence-corrected chi connectivity index (χ4v) is 2.84. The minimum Gasteiger partial charge on any atom is -0.302 e. The Morgan fingerprint density at radius 3 is 2.86 bits per heavy atom. The van der Waals surface area contributed by atoms with Gasteiger partial charge in [-0.05, 0) is 24.4 Å². The van der Waals surface area contributed by atoms with Gasteiger partial charge in [0, 0.05) is 12.3 Å². The van der Waals surface area contributed by atoms with E-state index >= 15 is 0 Å². The fourth-order valence-electron chi connectivity index (χ4n) is 1.87. The van der Waals surface area contributed by atoms with Gasteiger partial charge in [0.05, 0.1) is 5.69 Å². The second kappa shape index (κ2) is 5.58. The van der Waals surface area contributed by atoms with Gasteiger partial charge in [-0.15, -0.1) is 11.3 Å². The van der Waals surface area contributed by atoms with Gasteiger partial charge in [-0.25, -0.2) is 4.98 Å². The van der Waals surface area contributed by atoms with Gasteiger partial charge in [0.2, 0.25) is 5.91 Å². The van der Waals surface area contributed by atoms with Crippen LogP contribution >= 0.6 is 23.6 Å². The summed E-state index contributed by atoms with van der Waals surface area (Å²) in [6.45, 7) is 1.45. The Labute approximate surface area is 129 Å². The maximum absolute atomic E-state index is 11.1. The van der Waals surface area contributed by atoms with Crippen molar-refractivity contribution in [3.8, 4) is 17.2 Å². The van der Waals surface area contributed by atoms with E-state index in [4.69, 9.17) is 12.2 Å². The lowest BCUT2D eigenvalue weighted by Gasteiger charge is -2.04. The third kappa shape index (κ3) is 2.76. The minimum absolute atomic E-state index is 0.155. The summed E-state index contributed by atoms with van der Waals surface area (Å²) in [7, 11) is 0. The topological polar surface area (TPSA) is 75.6 Å². The Balaban J connectivity index is 2.06. The van der Waals surface area contributed by atoms with Crippen molar-refractivity contribution in [3.05, 3.63) is 40.5 Å². The zero-order chi connectivity index (χ0) is 14.8. The number of carbonyl (C=O) groups is 1. The summed E-state index contributed by atoms with van der Waals surface area (Å²) in [5.74, 6) is 0.455. The van der Waals surface area contributed by atoms with Gasteiger partial charge in [0.25, 0.3) is 0 Å². The van der Waals surface area contributed by atoms with Gasteiger partial charge in [0.15, 0.2) is 15.7 Å². The molecule has 1 amide bonds. The highest BCUT2D eigenvalue weighted by atomic mass is 32.1. The second-order valence-electron chi connectivity index (χ2n) is 4.24. The third-order valence-corrected chi connectivity index (χ3v) is 3.73. The van der Waals surface area contributed by atoms with Crippen molar-refractivity contribution in [3.63, 3.8) is 0 Å². The van der Waals surface area contributed by atoms with Crippen molar-refractivity contribution >= 4 is 34.6 Å². The SMILES string of the molecule is CC(=O)Nc1nc(-c2n[nH]c(=S)n2-c2ccccc2)cs1. The van der Waals surface area contributed by atoms with Gasteiger partial charge in [-0.3, -0.25) is 14.5 Å². The Morgan fingerprint density at radius 2 is 2.14 bits per heavy atom. The first kappa shape index (κ1) is 13.7. The monoisotopic (exact) mass is 317 g/mol. The highest BCUT2D eigenvalue weighted by molar-refractivity contribution is 7.71. The largest absolute Gasteiger partial charge is 0.302 e. The Hall–Kier alpha value is -2.32. The first-order valence-corrected chi connectivity index (χ1v) is 7.40. The van der Waals surface area contributed by atoms with E-state index in [0.29, 0.717) is 21.4 Å². The number of hydrogen-bond acceptors (Lipinski definition) is 5. The van der Waals surface area contributed by atoms with E-state index in [1.807, 2.05) is 40.3 Å². The number of amides is 1. The highest BCUT2D eigenvalue weighted by Gasteiger charge is 2.14. The van der Waals surface area contributed by atoms with Crippen LogP contribution in [0.4, 0.5) is 5.13 Å². The lowest BCUT2D eigenvalue weighted by molar-refractivity contribution is -0.114. The molecule has 0 aliphatic heterocycles. The van der Waals surface area contributed by atoms with Gasteiger partial charge in [-0.1, -0.05) is 18.2 Å². The highest BCUT2D eigenvalue weighted by Crippen LogP contribution is 2.25. The molecule has 0 saturated carbocycles. The maximum Gasteiger partial charge on any atom is 0.223 e. The van der Waals surface area contributed by atoms with E-state index in [2.05, 4.69) is 20.5 Å². The maximum atomic E-state index is 11.1. The lowest BCUT2D eigenvalue weighted by atomic mass is 10.3. The first-order valence-electron chi connectivity index (χ1n) is 6.11. The summed E-state index contributed by atoms with van der Waals surface area (Å²) in [4.78, 5) is 15.4. The van der Waals surface area contributed by atoms with Crippen molar-refractivity contribution in [2.24, 2.45) is 0 Å². The van der Waals surface area contributed by atoms with Crippen molar-refractivity contribution in [1.82, 2.24) is 19.7 Å². The molecule has 21 heavy (non-hydrogen) atoms. The number of hydrogen-bond donors (Lipinski definition) is 2. The van der Waals surface area contributed by atoms with Crippen LogP contribution < -0.4 is 5.32 Å². The molecule has 2 aromatic heterocycles. The summed E-state index contributed by atoms with van der Waals surface area (Å²) < 4.78 is 2.30. The van der Waals surface area contributed by atoms with Crippen LogP contribution in [0, 0.1) is 4.77 Å². The molecule has 0 aliphatic carbocycles. The number of H-pyrrole nitrogens is 1. The smallest absolute Gasteiger partial charge is 0.223 e. The molecule has 2 heterocycles. The van der Waals surface area contributed by atoms with Crippen molar-refractivity contribution in [2.75, 3.05) is 5.32 Å². The number of rotatable bonds is 3. The molecule has 0 saturated heterocycles. The summed E-state index contributed by atoms with van der Waals surface area (Å²) in [5, 5.41) is 12.0. The van der Waals surface area contributed by atoms with E-state index < -0.39 is 0 Å². The number of aromatic amines is 1. The number of para-hydroxylation sites is 1. The van der Waals surface area contributed by atoms with Crippen molar-refractivity contribution in [1.29, 1.82) is 0 Å². The quantitative estimate of drug-likeness (QED) is 0.728. The van der Waals surface area contributed by atoms with Gasteiger partial charge < -0.3 is 5.32 Å². The molecule has 0 atom stereocenters.